The molecule has 3 nitrogen and oxygen atoms in total. The predicted molar refractivity (Wildman–Crippen MR) is 124 cm³/mol. The average molecular weight is 410 g/mol. The fourth-order valence-electron chi connectivity index (χ4n) is 3.79. The smallest absolute Gasteiger partial charge is 0.0711 e. The van der Waals surface area contributed by atoms with Gasteiger partial charge in [-0.25, -0.2) is 0 Å². The van der Waals surface area contributed by atoms with E-state index in [2.05, 4.69) is 65.8 Å². The minimum Gasteiger partial charge on any atom is -0.380 e. The molecule has 1 aliphatic heterocycles. The molecule has 0 saturated heterocycles. The molecule has 4 heteroatoms. The standard InChI is InChI=1S/C26H20ClN3/c1-17-9-22(12-24(27)10-17)18-4-5-19-11-23(16-30-26(19)13-18)20-6-7-25(29-15-20)21-3-2-8-28-14-21/h2-16,25,29H,1H3. The first-order valence-electron chi connectivity index (χ1n) is 9.88. The number of fused-ring (bicyclic) bond motifs is 1. The number of rotatable bonds is 3. The Kier molecular flexibility index (Phi) is 4.82. The largest absolute Gasteiger partial charge is 0.380 e. The van der Waals surface area contributed by atoms with Crippen LogP contribution in [-0.4, -0.2) is 9.97 Å². The zero-order valence-corrected chi connectivity index (χ0v) is 17.3. The summed E-state index contributed by atoms with van der Waals surface area (Å²) in [6.45, 7) is 2.05. The van der Waals surface area contributed by atoms with Gasteiger partial charge in [0.05, 0.1) is 11.6 Å². The second-order valence-electron chi connectivity index (χ2n) is 7.54. The number of nitrogens with zero attached hydrogens (tertiary/aromatic N) is 2. The molecule has 0 fully saturated rings. The number of aryl methyl sites for hydroxylation is 1. The van der Waals surface area contributed by atoms with Gasteiger partial charge in [0.2, 0.25) is 0 Å². The summed E-state index contributed by atoms with van der Waals surface area (Å²) in [4.78, 5) is 8.92. The van der Waals surface area contributed by atoms with Crippen molar-refractivity contribution in [2.45, 2.75) is 13.0 Å². The average Bonchev–Trinajstić information content (AvgIpc) is 2.78. The number of benzene rings is 2. The molecule has 1 unspecified atom stereocenters. The van der Waals surface area contributed by atoms with Crippen LogP contribution in [0.4, 0.5) is 0 Å². The van der Waals surface area contributed by atoms with Crippen LogP contribution >= 0.6 is 11.6 Å². The summed E-state index contributed by atoms with van der Waals surface area (Å²) in [5.74, 6) is 0. The first-order valence-corrected chi connectivity index (χ1v) is 10.3. The van der Waals surface area contributed by atoms with Crippen LogP contribution in [0.25, 0.3) is 27.6 Å². The van der Waals surface area contributed by atoms with Crippen molar-refractivity contribution in [3.8, 4) is 11.1 Å². The van der Waals surface area contributed by atoms with E-state index < -0.39 is 0 Å². The molecule has 1 aliphatic rings. The number of pyridine rings is 2. The van der Waals surface area contributed by atoms with Crippen LogP contribution in [0, 0.1) is 6.92 Å². The highest BCUT2D eigenvalue weighted by Crippen LogP contribution is 2.29. The highest BCUT2D eigenvalue weighted by molar-refractivity contribution is 6.31. The second-order valence-corrected chi connectivity index (χ2v) is 7.97. The van der Waals surface area contributed by atoms with E-state index in [1.54, 1.807) is 6.20 Å². The first kappa shape index (κ1) is 18.6. The van der Waals surface area contributed by atoms with E-state index in [0.29, 0.717) is 0 Å². The van der Waals surface area contributed by atoms with Crippen molar-refractivity contribution in [3.63, 3.8) is 0 Å². The van der Waals surface area contributed by atoms with E-state index in [0.717, 1.165) is 49.3 Å². The third-order valence-electron chi connectivity index (χ3n) is 5.32. The summed E-state index contributed by atoms with van der Waals surface area (Å²) >= 11 is 6.24. The maximum absolute atomic E-state index is 6.24. The van der Waals surface area contributed by atoms with Crippen molar-refractivity contribution >= 4 is 28.1 Å². The lowest BCUT2D eigenvalue weighted by atomic mass is 9.98. The van der Waals surface area contributed by atoms with Gasteiger partial charge in [-0.2, -0.15) is 0 Å². The molecule has 0 spiro atoms. The molecule has 0 radical (unpaired) electrons. The van der Waals surface area contributed by atoms with Crippen LogP contribution in [0.1, 0.15) is 22.7 Å². The Bertz CT molecular complexity index is 1270. The minimum atomic E-state index is 0.138. The number of halogens is 1. The Labute approximate surface area is 180 Å². The Morgan fingerprint density at radius 1 is 0.933 bits per heavy atom. The highest BCUT2D eigenvalue weighted by Gasteiger charge is 2.12. The molecule has 0 aliphatic carbocycles. The molecule has 0 amide bonds. The fraction of sp³-hybridized carbons (Fsp3) is 0.0769. The van der Waals surface area contributed by atoms with Crippen LogP contribution in [0.5, 0.6) is 0 Å². The molecule has 146 valence electrons. The summed E-state index contributed by atoms with van der Waals surface area (Å²) in [5.41, 5.74) is 7.68. The van der Waals surface area contributed by atoms with Gasteiger partial charge in [0.1, 0.15) is 0 Å². The molecule has 0 saturated carbocycles. The summed E-state index contributed by atoms with van der Waals surface area (Å²) < 4.78 is 0. The molecular formula is C26H20ClN3. The van der Waals surface area contributed by atoms with Gasteiger partial charge in [-0.15, -0.1) is 0 Å². The molecular weight excluding hydrogens is 390 g/mol. The van der Waals surface area contributed by atoms with Crippen LogP contribution in [-0.2, 0) is 0 Å². The Morgan fingerprint density at radius 3 is 2.63 bits per heavy atom. The van der Waals surface area contributed by atoms with E-state index in [-0.39, 0.29) is 6.04 Å². The molecule has 2 aromatic heterocycles. The molecule has 30 heavy (non-hydrogen) atoms. The van der Waals surface area contributed by atoms with E-state index in [1.807, 2.05) is 36.8 Å². The van der Waals surface area contributed by atoms with Crippen molar-refractivity contribution in [2.24, 2.45) is 0 Å². The maximum Gasteiger partial charge on any atom is 0.0711 e. The SMILES string of the molecule is Cc1cc(Cl)cc(-c2ccc3cc(C4=CNC(c5cccnc5)C=C4)cnc3c2)c1. The zero-order valence-electron chi connectivity index (χ0n) is 16.5. The van der Waals surface area contributed by atoms with E-state index in [4.69, 9.17) is 16.6 Å². The van der Waals surface area contributed by atoms with Crippen molar-refractivity contribution < 1.29 is 0 Å². The van der Waals surface area contributed by atoms with Gasteiger partial charge in [-0.1, -0.05) is 48.0 Å². The number of hydrogen-bond donors (Lipinski definition) is 1. The number of hydrogen-bond acceptors (Lipinski definition) is 3. The van der Waals surface area contributed by atoms with Gasteiger partial charge in [0.25, 0.3) is 0 Å². The van der Waals surface area contributed by atoms with E-state index >= 15 is 0 Å². The van der Waals surface area contributed by atoms with Gasteiger partial charge in [0.15, 0.2) is 0 Å². The van der Waals surface area contributed by atoms with E-state index in [1.165, 1.54) is 0 Å². The normalized spacial score (nSPS) is 15.7. The van der Waals surface area contributed by atoms with Gasteiger partial charge in [0, 0.05) is 40.8 Å². The zero-order chi connectivity index (χ0) is 20.5. The third-order valence-corrected chi connectivity index (χ3v) is 5.54. The molecule has 5 rings (SSSR count). The Balaban J connectivity index is 1.42. The molecule has 2 aromatic carbocycles. The highest BCUT2D eigenvalue weighted by atomic mass is 35.5. The van der Waals surface area contributed by atoms with Gasteiger partial charge in [-0.05, 0) is 65.1 Å². The summed E-state index contributed by atoms with van der Waals surface area (Å²) in [6, 6.07) is 18.8. The quantitative estimate of drug-likeness (QED) is 0.419. The first-order chi connectivity index (χ1) is 14.7. The number of dihydropyridines is 1. The molecule has 1 N–H and O–H groups in total. The lowest BCUT2D eigenvalue weighted by molar-refractivity contribution is 0.745. The number of nitrogens with one attached hydrogen (secondary N) is 1. The number of allylic oxidation sites excluding steroid dienone is 2. The molecule has 0 bridgehead atoms. The summed E-state index contributed by atoms with van der Waals surface area (Å²) in [5, 5.41) is 5.31. The van der Waals surface area contributed by atoms with Crippen LogP contribution in [0.3, 0.4) is 0 Å². The van der Waals surface area contributed by atoms with Crippen molar-refractivity contribution in [3.05, 3.63) is 113 Å². The van der Waals surface area contributed by atoms with Crippen LogP contribution in [0.15, 0.2) is 91.5 Å². The summed E-state index contributed by atoms with van der Waals surface area (Å²) in [6.07, 6.45) is 11.9. The van der Waals surface area contributed by atoms with Crippen molar-refractivity contribution in [2.75, 3.05) is 0 Å². The van der Waals surface area contributed by atoms with Gasteiger partial charge < -0.3 is 5.32 Å². The lowest BCUT2D eigenvalue weighted by Gasteiger charge is -2.19. The van der Waals surface area contributed by atoms with Crippen molar-refractivity contribution in [1.82, 2.24) is 15.3 Å². The van der Waals surface area contributed by atoms with Crippen LogP contribution in [0.2, 0.25) is 5.02 Å². The number of aromatic nitrogens is 2. The van der Waals surface area contributed by atoms with Gasteiger partial charge in [-0.3, -0.25) is 9.97 Å². The van der Waals surface area contributed by atoms with Crippen molar-refractivity contribution in [1.29, 1.82) is 0 Å². The minimum absolute atomic E-state index is 0.138. The Morgan fingerprint density at radius 2 is 1.87 bits per heavy atom. The summed E-state index contributed by atoms with van der Waals surface area (Å²) in [7, 11) is 0. The molecule has 3 heterocycles. The monoisotopic (exact) mass is 409 g/mol. The predicted octanol–water partition coefficient (Wildman–Crippen LogP) is 6.50. The van der Waals surface area contributed by atoms with E-state index in [9.17, 15) is 0 Å². The molecule has 1 atom stereocenters. The molecule has 4 aromatic rings. The van der Waals surface area contributed by atoms with Gasteiger partial charge >= 0.3 is 0 Å². The second kappa shape index (κ2) is 7.77. The maximum atomic E-state index is 6.24. The Hall–Kier alpha value is -3.43. The van der Waals surface area contributed by atoms with Crippen LogP contribution < -0.4 is 5.32 Å². The topological polar surface area (TPSA) is 37.8 Å². The third kappa shape index (κ3) is 3.72. The fourth-order valence-corrected chi connectivity index (χ4v) is 4.08. The lowest BCUT2D eigenvalue weighted by Crippen LogP contribution is -2.16.